The Bertz CT molecular complexity index is 1050. The number of phenolic OH excluding ortho intramolecular Hbond substituents is 3. The van der Waals surface area contributed by atoms with Crippen molar-refractivity contribution in [3.63, 3.8) is 0 Å². The van der Waals surface area contributed by atoms with E-state index in [4.69, 9.17) is 15.3 Å². The number of rotatable bonds is 2. The number of benzene rings is 5. The fraction of sp³-hybridized carbons (Fsp3) is 0. The lowest BCUT2D eigenvalue weighted by atomic mass is 10.1. The fourth-order valence-electron chi connectivity index (χ4n) is 2.60. The van der Waals surface area contributed by atoms with E-state index in [0.29, 0.717) is 17.2 Å². The Balaban J connectivity index is 0.000000176. The summed E-state index contributed by atoms with van der Waals surface area (Å²) in [5.41, 5.74) is 2.47. The third kappa shape index (κ3) is 13.4. The molecular formula is C32H30O3. The van der Waals surface area contributed by atoms with Gasteiger partial charge >= 0.3 is 0 Å². The number of hydrogen-bond acceptors (Lipinski definition) is 3. The highest BCUT2D eigenvalue weighted by molar-refractivity contribution is 5.69. The van der Waals surface area contributed by atoms with Gasteiger partial charge in [-0.2, -0.15) is 0 Å². The Morgan fingerprint density at radius 2 is 0.486 bits per heavy atom. The second-order valence-corrected chi connectivity index (χ2v) is 7.16. The van der Waals surface area contributed by atoms with E-state index in [0.717, 1.165) is 0 Å². The van der Waals surface area contributed by atoms with Gasteiger partial charge in [-0.3, -0.25) is 0 Å². The zero-order chi connectivity index (χ0) is 25.0. The molecule has 0 heterocycles. The van der Waals surface area contributed by atoms with Gasteiger partial charge in [0.15, 0.2) is 0 Å². The number of aromatic hydroxyl groups is 3. The van der Waals surface area contributed by atoms with Gasteiger partial charge in [0.25, 0.3) is 0 Å². The van der Waals surface area contributed by atoms with Crippen molar-refractivity contribution in [1.29, 1.82) is 0 Å². The zero-order valence-corrected chi connectivity index (χ0v) is 19.4. The molecular weight excluding hydrogens is 432 g/mol. The highest BCUT2D eigenvalue weighted by Gasteiger charge is 1.84. The van der Waals surface area contributed by atoms with Crippen LogP contribution >= 0.6 is 0 Å². The third-order valence-electron chi connectivity index (χ3n) is 4.34. The Morgan fingerprint density at radius 1 is 0.286 bits per heavy atom. The van der Waals surface area contributed by atoms with Gasteiger partial charge in [0.1, 0.15) is 17.2 Å². The second kappa shape index (κ2) is 16.8. The summed E-state index contributed by atoms with van der Waals surface area (Å²) in [5.74, 6) is 0.965. The largest absolute Gasteiger partial charge is 0.508 e. The molecule has 5 rings (SSSR count). The summed E-state index contributed by atoms with van der Waals surface area (Å²) in [5, 5.41) is 25.9. The van der Waals surface area contributed by atoms with E-state index in [1.54, 1.807) is 72.8 Å². The first-order valence-corrected chi connectivity index (χ1v) is 11.1. The van der Waals surface area contributed by atoms with E-state index < -0.39 is 0 Å². The minimum Gasteiger partial charge on any atom is -0.508 e. The quantitative estimate of drug-likeness (QED) is 0.233. The molecule has 3 heteroatoms. The topological polar surface area (TPSA) is 60.7 Å². The van der Waals surface area contributed by atoms with Crippen LogP contribution in [0.2, 0.25) is 0 Å². The maximum atomic E-state index is 8.63. The molecule has 3 nitrogen and oxygen atoms in total. The van der Waals surface area contributed by atoms with E-state index in [2.05, 4.69) is 36.4 Å². The van der Waals surface area contributed by atoms with Crippen LogP contribution in [0.1, 0.15) is 11.1 Å². The molecule has 35 heavy (non-hydrogen) atoms. The van der Waals surface area contributed by atoms with Crippen molar-refractivity contribution in [2.24, 2.45) is 0 Å². The Hall–Kier alpha value is -4.76. The zero-order valence-electron chi connectivity index (χ0n) is 19.4. The number of phenols is 3. The van der Waals surface area contributed by atoms with Gasteiger partial charge in [-0.25, -0.2) is 0 Å². The summed E-state index contributed by atoms with van der Waals surface area (Å²) in [6, 6.07) is 46.8. The normalized spacial score (nSPS) is 9.37. The van der Waals surface area contributed by atoms with Crippen LogP contribution in [-0.4, -0.2) is 15.3 Å². The molecule has 0 aliphatic carbocycles. The van der Waals surface area contributed by atoms with Crippen LogP contribution in [0.5, 0.6) is 17.2 Å². The molecule has 0 aliphatic heterocycles. The number of para-hydroxylation sites is 3. The Kier molecular flexibility index (Phi) is 12.7. The molecule has 0 unspecified atom stereocenters. The summed E-state index contributed by atoms with van der Waals surface area (Å²) in [4.78, 5) is 0. The van der Waals surface area contributed by atoms with Gasteiger partial charge in [-0.15, -0.1) is 0 Å². The first kappa shape index (κ1) is 26.5. The molecule has 0 radical (unpaired) electrons. The molecule has 0 saturated heterocycles. The molecule has 0 spiro atoms. The van der Waals surface area contributed by atoms with Crippen molar-refractivity contribution >= 4 is 12.2 Å². The summed E-state index contributed by atoms with van der Waals surface area (Å²) in [6.45, 7) is 0. The van der Waals surface area contributed by atoms with E-state index >= 15 is 0 Å². The monoisotopic (exact) mass is 462 g/mol. The van der Waals surface area contributed by atoms with Crippen LogP contribution in [0.4, 0.5) is 0 Å². The molecule has 176 valence electrons. The van der Waals surface area contributed by atoms with Gasteiger partial charge in [0, 0.05) is 0 Å². The van der Waals surface area contributed by atoms with Crippen LogP contribution in [0.25, 0.3) is 12.2 Å². The van der Waals surface area contributed by atoms with Gasteiger partial charge in [-0.1, -0.05) is 127 Å². The average Bonchev–Trinajstić information content (AvgIpc) is 2.91. The average molecular weight is 463 g/mol. The molecule has 0 fully saturated rings. The molecule has 0 aliphatic rings. The van der Waals surface area contributed by atoms with E-state index in [1.807, 2.05) is 54.6 Å². The predicted molar refractivity (Wildman–Crippen MR) is 146 cm³/mol. The standard InChI is InChI=1S/C14H12.3C6H6O/c1-3-7-13(8-4-1)11-12-14-9-5-2-6-10-14;3*7-6-4-2-1-3-5-6/h1-12H;3*1-5,7H. The van der Waals surface area contributed by atoms with Gasteiger partial charge in [0.05, 0.1) is 0 Å². The molecule has 0 saturated carbocycles. The van der Waals surface area contributed by atoms with E-state index in [9.17, 15) is 0 Å². The molecule has 5 aromatic rings. The van der Waals surface area contributed by atoms with Gasteiger partial charge in [-0.05, 0) is 47.5 Å². The molecule has 5 aromatic carbocycles. The summed E-state index contributed by atoms with van der Waals surface area (Å²) in [6.07, 6.45) is 4.24. The van der Waals surface area contributed by atoms with Crippen LogP contribution in [0.15, 0.2) is 152 Å². The minimum atomic E-state index is 0.322. The molecule has 0 atom stereocenters. The SMILES string of the molecule is C(=Cc1ccccc1)c1ccccc1.Oc1ccccc1.Oc1ccccc1.Oc1ccccc1. The van der Waals surface area contributed by atoms with Crippen molar-refractivity contribution in [3.8, 4) is 17.2 Å². The lowest BCUT2D eigenvalue weighted by molar-refractivity contribution is 0.475. The summed E-state index contributed by atoms with van der Waals surface area (Å²) in [7, 11) is 0. The first-order chi connectivity index (χ1) is 17.1. The fourth-order valence-corrected chi connectivity index (χ4v) is 2.60. The minimum absolute atomic E-state index is 0.322. The Morgan fingerprint density at radius 3 is 0.657 bits per heavy atom. The lowest BCUT2D eigenvalue weighted by Gasteiger charge is -1.92. The van der Waals surface area contributed by atoms with E-state index in [-0.39, 0.29) is 0 Å². The molecule has 0 bridgehead atoms. The van der Waals surface area contributed by atoms with Crippen molar-refractivity contribution in [1.82, 2.24) is 0 Å². The molecule has 0 amide bonds. The van der Waals surface area contributed by atoms with Crippen LogP contribution < -0.4 is 0 Å². The maximum Gasteiger partial charge on any atom is 0.115 e. The van der Waals surface area contributed by atoms with Crippen LogP contribution in [-0.2, 0) is 0 Å². The summed E-state index contributed by atoms with van der Waals surface area (Å²) >= 11 is 0. The van der Waals surface area contributed by atoms with Crippen molar-refractivity contribution in [3.05, 3.63) is 163 Å². The highest BCUT2D eigenvalue weighted by atomic mass is 16.3. The van der Waals surface area contributed by atoms with Gasteiger partial charge in [0.2, 0.25) is 0 Å². The first-order valence-electron chi connectivity index (χ1n) is 11.1. The smallest absolute Gasteiger partial charge is 0.115 e. The van der Waals surface area contributed by atoms with E-state index in [1.165, 1.54) is 11.1 Å². The predicted octanol–water partition coefficient (Wildman–Crippen LogP) is 8.03. The number of hydrogen-bond donors (Lipinski definition) is 3. The third-order valence-corrected chi connectivity index (χ3v) is 4.34. The second-order valence-electron chi connectivity index (χ2n) is 7.16. The van der Waals surface area contributed by atoms with Crippen molar-refractivity contribution < 1.29 is 15.3 Å². The van der Waals surface area contributed by atoms with Crippen molar-refractivity contribution in [2.45, 2.75) is 0 Å². The van der Waals surface area contributed by atoms with Crippen molar-refractivity contribution in [2.75, 3.05) is 0 Å². The van der Waals surface area contributed by atoms with Gasteiger partial charge < -0.3 is 15.3 Å². The highest BCUT2D eigenvalue weighted by Crippen LogP contribution is 2.07. The lowest BCUT2D eigenvalue weighted by Crippen LogP contribution is -1.70. The Labute approximate surface area is 207 Å². The molecule has 0 aromatic heterocycles. The van der Waals surface area contributed by atoms with Crippen LogP contribution in [0.3, 0.4) is 0 Å². The molecule has 3 N–H and O–H groups in total. The maximum absolute atomic E-state index is 8.63. The summed E-state index contributed by atoms with van der Waals surface area (Å²) < 4.78 is 0. The van der Waals surface area contributed by atoms with Crippen LogP contribution in [0, 0.1) is 0 Å².